The molecule has 0 aliphatic carbocycles. The minimum atomic E-state index is -2.19. The van der Waals surface area contributed by atoms with Gasteiger partial charge in [-0.2, -0.15) is 0 Å². The summed E-state index contributed by atoms with van der Waals surface area (Å²) in [5.74, 6) is 0. The van der Waals surface area contributed by atoms with E-state index in [-0.39, 0.29) is 5.57 Å². The topological polar surface area (TPSA) is 112 Å². The average Bonchev–Trinajstić information content (AvgIpc) is 2.00. The van der Waals surface area contributed by atoms with E-state index in [1.807, 2.05) is 0 Å². The zero-order chi connectivity index (χ0) is 10.8. The van der Waals surface area contributed by atoms with Gasteiger partial charge in [0.25, 0.3) is 6.04 Å². The summed E-state index contributed by atoms with van der Waals surface area (Å²) in [5.41, 5.74) is 3.06. The second-order valence-electron chi connectivity index (χ2n) is 2.82. The monoisotopic (exact) mass is 189 g/mol. The molecule has 13 heavy (non-hydrogen) atoms. The Labute approximate surface area is 74.5 Å². The second-order valence-corrected chi connectivity index (χ2v) is 2.82. The highest BCUT2D eigenvalue weighted by molar-refractivity contribution is 5.09. The van der Waals surface area contributed by atoms with Gasteiger partial charge in [-0.15, -0.1) is 0 Å². The van der Waals surface area contributed by atoms with Crippen molar-refractivity contribution in [1.82, 2.24) is 0 Å². The molecule has 2 atom stereocenters. The zero-order valence-corrected chi connectivity index (χ0v) is 7.39. The Morgan fingerprint density at radius 1 is 1.54 bits per heavy atom. The minimum absolute atomic E-state index is 0.0401. The highest BCUT2D eigenvalue weighted by Gasteiger charge is 2.53. The molecule has 0 bridgehead atoms. The highest BCUT2D eigenvalue weighted by Crippen LogP contribution is 2.19. The Morgan fingerprint density at radius 3 is 2.00 bits per heavy atom. The van der Waals surface area contributed by atoms with E-state index in [9.17, 15) is 20.2 Å². The summed E-state index contributed by atoms with van der Waals surface area (Å²) in [6.07, 6.45) is 0. The maximum absolute atomic E-state index is 10.5. The summed E-state index contributed by atoms with van der Waals surface area (Å²) in [5, 5.41) is 20.9. The van der Waals surface area contributed by atoms with Crippen LogP contribution >= 0.6 is 0 Å². The van der Waals surface area contributed by atoms with E-state index in [0.29, 0.717) is 0 Å². The molecule has 7 heteroatoms. The Kier molecular flexibility index (Phi) is 3.08. The predicted molar refractivity (Wildman–Crippen MR) is 45.2 cm³/mol. The summed E-state index contributed by atoms with van der Waals surface area (Å²) in [6, 6.07) is -1.50. The largest absolute Gasteiger partial charge is 0.359 e. The molecule has 0 saturated heterocycles. The summed E-state index contributed by atoms with van der Waals surface area (Å²) >= 11 is 0. The lowest BCUT2D eigenvalue weighted by Crippen LogP contribution is -2.59. The number of nitro groups is 2. The molecule has 0 amide bonds. The Balaban J connectivity index is 5.13. The van der Waals surface area contributed by atoms with E-state index in [2.05, 4.69) is 6.58 Å². The van der Waals surface area contributed by atoms with Crippen molar-refractivity contribution in [2.75, 3.05) is 0 Å². The van der Waals surface area contributed by atoms with E-state index in [4.69, 9.17) is 5.73 Å². The standard InChI is InChI=1S/C6H11N3O4/c1-4(2)6(7,9(12)13)5(3)8(10)11/h5H,1,7H2,2-3H3. The summed E-state index contributed by atoms with van der Waals surface area (Å²) < 4.78 is 0. The van der Waals surface area contributed by atoms with Gasteiger partial charge in [-0.25, -0.2) is 0 Å². The quantitative estimate of drug-likeness (QED) is 0.293. The van der Waals surface area contributed by atoms with Crippen molar-refractivity contribution in [2.45, 2.75) is 25.6 Å². The van der Waals surface area contributed by atoms with Gasteiger partial charge in [0.2, 0.25) is 0 Å². The van der Waals surface area contributed by atoms with Gasteiger partial charge in [0.15, 0.2) is 0 Å². The van der Waals surface area contributed by atoms with Gasteiger partial charge in [-0.3, -0.25) is 26.0 Å². The Bertz CT molecular complexity index is 249. The molecule has 0 aliphatic heterocycles. The van der Waals surface area contributed by atoms with Crippen LogP contribution in [0.25, 0.3) is 0 Å². The minimum Gasteiger partial charge on any atom is -0.264 e. The molecular formula is C6H11N3O4. The first kappa shape index (κ1) is 11.5. The van der Waals surface area contributed by atoms with Crippen molar-refractivity contribution < 1.29 is 9.85 Å². The fourth-order valence-corrected chi connectivity index (χ4v) is 0.826. The molecule has 74 valence electrons. The molecule has 0 aromatic heterocycles. The summed E-state index contributed by atoms with van der Waals surface area (Å²) in [7, 11) is 0. The number of rotatable bonds is 4. The Morgan fingerprint density at radius 2 is 1.92 bits per heavy atom. The fourth-order valence-electron chi connectivity index (χ4n) is 0.826. The Hall–Kier alpha value is -1.50. The molecular weight excluding hydrogens is 178 g/mol. The molecule has 0 radical (unpaired) electrons. The van der Waals surface area contributed by atoms with Crippen molar-refractivity contribution >= 4 is 0 Å². The lowest BCUT2D eigenvalue weighted by Gasteiger charge is -2.21. The van der Waals surface area contributed by atoms with Crippen molar-refractivity contribution in [3.05, 3.63) is 32.4 Å². The molecule has 0 aromatic rings. The fraction of sp³-hybridized carbons (Fsp3) is 0.667. The molecule has 2 unspecified atom stereocenters. The van der Waals surface area contributed by atoms with Gasteiger partial charge >= 0.3 is 5.66 Å². The number of nitrogens with zero attached hydrogens (tertiary/aromatic N) is 2. The van der Waals surface area contributed by atoms with Crippen LogP contribution in [0, 0.1) is 20.2 Å². The number of hydrogen-bond acceptors (Lipinski definition) is 5. The zero-order valence-electron chi connectivity index (χ0n) is 7.39. The van der Waals surface area contributed by atoms with Crippen LogP contribution in [0.2, 0.25) is 0 Å². The third-order valence-electron chi connectivity index (χ3n) is 1.94. The van der Waals surface area contributed by atoms with Crippen LogP contribution in [0.5, 0.6) is 0 Å². The molecule has 0 rings (SSSR count). The predicted octanol–water partition coefficient (Wildman–Crippen LogP) is 0.159. The van der Waals surface area contributed by atoms with Crippen molar-refractivity contribution in [2.24, 2.45) is 5.73 Å². The molecule has 0 fully saturated rings. The van der Waals surface area contributed by atoms with Gasteiger partial charge in [-0.05, 0) is 6.92 Å². The maximum Gasteiger partial charge on any atom is 0.359 e. The molecule has 0 heterocycles. The number of nitrogens with two attached hydrogens (primary N) is 1. The molecule has 0 saturated carbocycles. The van der Waals surface area contributed by atoms with E-state index in [1.54, 1.807) is 0 Å². The molecule has 0 aliphatic rings. The van der Waals surface area contributed by atoms with Gasteiger partial charge in [0.1, 0.15) is 0 Å². The average molecular weight is 189 g/mol. The van der Waals surface area contributed by atoms with Crippen LogP contribution < -0.4 is 5.73 Å². The highest BCUT2D eigenvalue weighted by atomic mass is 16.6. The first-order valence-corrected chi connectivity index (χ1v) is 3.47. The molecule has 0 aromatic carbocycles. The first-order valence-electron chi connectivity index (χ1n) is 3.47. The van der Waals surface area contributed by atoms with Gasteiger partial charge < -0.3 is 0 Å². The van der Waals surface area contributed by atoms with Crippen molar-refractivity contribution in [1.29, 1.82) is 0 Å². The van der Waals surface area contributed by atoms with E-state index in [0.717, 1.165) is 6.92 Å². The van der Waals surface area contributed by atoms with Crippen LogP contribution in [-0.4, -0.2) is 21.6 Å². The van der Waals surface area contributed by atoms with Crippen LogP contribution in [0.4, 0.5) is 0 Å². The number of hydrogen-bond donors (Lipinski definition) is 1. The molecule has 2 N–H and O–H groups in total. The lowest BCUT2D eigenvalue weighted by atomic mass is 9.97. The van der Waals surface area contributed by atoms with Crippen LogP contribution in [0.1, 0.15) is 13.8 Å². The molecule has 7 nitrogen and oxygen atoms in total. The second kappa shape index (κ2) is 3.48. The first-order chi connectivity index (χ1) is 5.74. The van der Waals surface area contributed by atoms with E-state index < -0.39 is 21.6 Å². The third-order valence-corrected chi connectivity index (χ3v) is 1.94. The SMILES string of the molecule is C=C(C)C(N)(C(C)[N+](=O)[O-])[N+](=O)[O-]. The van der Waals surface area contributed by atoms with Crippen LogP contribution in [-0.2, 0) is 0 Å². The summed E-state index contributed by atoms with van der Waals surface area (Å²) in [6.45, 7) is 5.66. The summed E-state index contributed by atoms with van der Waals surface area (Å²) in [4.78, 5) is 19.2. The van der Waals surface area contributed by atoms with Crippen LogP contribution in [0.15, 0.2) is 12.2 Å². The van der Waals surface area contributed by atoms with Gasteiger partial charge in [0, 0.05) is 17.4 Å². The lowest BCUT2D eigenvalue weighted by molar-refractivity contribution is -0.641. The van der Waals surface area contributed by atoms with E-state index >= 15 is 0 Å². The molecule has 0 spiro atoms. The normalized spacial score (nSPS) is 17.2. The maximum atomic E-state index is 10.5. The van der Waals surface area contributed by atoms with Crippen molar-refractivity contribution in [3.63, 3.8) is 0 Å². The van der Waals surface area contributed by atoms with E-state index in [1.165, 1.54) is 6.92 Å². The van der Waals surface area contributed by atoms with Crippen molar-refractivity contribution in [3.8, 4) is 0 Å². The van der Waals surface area contributed by atoms with Gasteiger partial charge in [-0.1, -0.05) is 6.58 Å². The van der Waals surface area contributed by atoms with Crippen LogP contribution in [0.3, 0.4) is 0 Å². The smallest absolute Gasteiger partial charge is 0.264 e. The van der Waals surface area contributed by atoms with Gasteiger partial charge in [0.05, 0.1) is 4.92 Å². The third kappa shape index (κ3) is 1.81.